The molecule has 7 heteroatoms. The minimum absolute atomic E-state index is 0.102. The molecule has 1 atom stereocenters. The number of amides is 1. The summed E-state index contributed by atoms with van der Waals surface area (Å²) in [5.41, 5.74) is -0.708. The van der Waals surface area contributed by atoms with Crippen molar-refractivity contribution in [1.82, 2.24) is 4.90 Å². The minimum atomic E-state index is -1.72. The van der Waals surface area contributed by atoms with Crippen LogP contribution in [0.4, 0.5) is 13.2 Å². The molecule has 1 saturated heterocycles. The molecular weight excluding hydrogens is 275 g/mol. The molecule has 1 fully saturated rings. The molecule has 1 aliphatic rings. The Labute approximate surface area is 113 Å². The summed E-state index contributed by atoms with van der Waals surface area (Å²) in [4.78, 5) is 13.4. The van der Waals surface area contributed by atoms with E-state index in [1.807, 2.05) is 0 Å². The van der Waals surface area contributed by atoms with Gasteiger partial charge in [0.2, 0.25) is 5.82 Å². The summed E-state index contributed by atoms with van der Waals surface area (Å²) < 4.78 is 39.8. The number of phenolic OH excluding ortho intramolecular Hbond substituents is 1. The number of phenols is 1. The number of benzene rings is 1. The second-order valence-corrected chi connectivity index (χ2v) is 4.82. The molecule has 1 unspecified atom stereocenters. The standard InChI is InChI=1S/C13H14F3NO3/c14-9-4-8(10(15)12(19)11(9)16)13(20)17-3-1-2-7(5-17)6-18/h4,7,18-19H,1-3,5-6H2. The normalized spacial score (nSPS) is 19.2. The van der Waals surface area contributed by atoms with Crippen LogP contribution in [-0.2, 0) is 0 Å². The van der Waals surface area contributed by atoms with Crippen molar-refractivity contribution in [2.75, 3.05) is 19.7 Å². The molecule has 2 N–H and O–H groups in total. The Morgan fingerprint density at radius 1 is 1.35 bits per heavy atom. The first-order valence-electron chi connectivity index (χ1n) is 6.22. The van der Waals surface area contributed by atoms with E-state index in [1.165, 1.54) is 4.90 Å². The third-order valence-corrected chi connectivity index (χ3v) is 3.43. The zero-order valence-corrected chi connectivity index (χ0v) is 10.6. The number of carbonyl (C=O) groups excluding carboxylic acids is 1. The van der Waals surface area contributed by atoms with Gasteiger partial charge in [0.05, 0.1) is 5.56 Å². The summed E-state index contributed by atoms with van der Waals surface area (Å²) in [7, 11) is 0. The largest absolute Gasteiger partial charge is 0.503 e. The SMILES string of the molecule is O=C(c1cc(F)c(F)c(O)c1F)N1CCCC(CO)C1. The molecule has 0 aliphatic carbocycles. The van der Waals surface area contributed by atoms with Gasteiger partial charge in [-0.1, -0.05) is 0 Å². The number of hydrogen-bond acceptors (Lipinski definition) is 3. The van der Waals surface area contributed by atoms with Crippen LogP contribution in [0.2, 0.25) is 0 Å². The highest BCUT2D eigenvalue weighted by Crippen LogP contribution is 2.27. The Bertz CT molecular complexity index is 536. The second-order valence-electron chi connectivity index (χ2n) is 4.82. The molecule has 110 valence electrons. The molecule has 1 aliphatic heterocycles. The highest BCUT2D eigenvalue weighted by Gasteiger charge is 2.29. The number of hydrogen-bond donors (Lipinski definition) is 2. The average molecular weight is 289 g/mol. The molecule has 1 aromatic rings. The Hall–Kier alpha value is -1.76. The zero-order valence-electron chi connectivity index (χ0n) is 10.6. The van der Waals surface area contributed by atoms with E-state index >= 15 is 0 Å². The van der Waals surface area contributed by atoms with Crippen molar-refractivity contribution in [3.63, 3.8) is 0 Å². The van der Waals surface area contributed by atoms with E-state index in [4.69, 9.17) is 10.2 Å². The van der Waals surface area contributed by atoms with Crippen LogP contribution < -0.4 is 0 Å². The molecule has 2 rings (SSSR count). The molecule has 0 saturated carbocycles. The number of aliphatic hydroxyl groups excluding tert-OH is 1. The summed E-state index contributed by atoms with van der Waals surface area (Å²) in [6, 6.07) is 0.440. The van der Waals surface area contributed by atoms with Crippen LogP contribution in [0.3, 0.4) is 0 Å². The second kappa shape index (κ2) is 5.70. The lowest BCUT2D eigenvalue weighted by Gasteiger charge is -2.32. The van der Waals surface area contributed by atoms with Gasteiger partial charge >= 0.3 is 0 Å². The first-order valence-corrected chi connectivity index (χ1v) is 6.22. The minimum Gasteiger partial charge on any atom is -0.503 e. The molecule has 1 heterocycles. The fourth-order valence-electron chi connectivity index (χ4n) is 2.31. The average Bonchev–Trinajstić information content (AvgIpc) is 2.48. The van der Waals surface area contributed by atoms with Gasteiger partial charge in [-0.2, -0.15) is 4.39 Å². The fraction of sp³-hybridized carbons (Fsp3) is 0.462. The third kappa shape index (κ3) is 2.58. The number of carbonyl (C=O) groups is 1. The summed E-state index contributed by atoms with van der Waals surface area (Å²) in [6.07, 6.45) is 1.38. The number of aromatic hydroxyl groups is 1. The van der Waals surface area contributed by atoms with Crippen molar-refractivity contribution in [1.29, 1.82) is 0 Å². The van der Waals surface area contributed by atoms with Crippen molar-refractivity contribution >= 4 is 5.91 Å². The van der Waals surface area contributed by atoms with Gasteiger partial charge in [-0.3, -0.25) is 4.79 Å². The van der Waals surface area contributed by atoms with Crippen molar-refractivity contribution in [2.24, 2.45) is 5.92 Å². The van der Waals surface area contributed by atoms with Gasteiger partial charge in [-0.15, -0.1) is 0 Å². The first kappa shape index (κ1) is 14.6. The number of piperidine rings is 1. The van der Waals surface area contributed by atoms with Crippen LogP contribution in [0, 0.1) is 23.4 Å². The lowest BCUT2D eigenvalue weighted by Crippen LogP contribution is -2.41. The predicted octanol–water partition coefficient (Wildman–Crippen LogP) is 1.65. The van der Waals surface area contributed by atoms with Crippen molar-refractivity contribution < 1.29 is 28.2 Å². The maximum absolute atomic E-state index is 13.7. The molecule has 1 amide bonds. The van der Waals surface area contributed by atoms with E-state index in [0.717, 1.165) is 6.42 Å². The number of likely N-dealkylation sites (tertiary alicyclic amines) is 1. The van der Waals surface area contributed by atoms with Crippen LogP contribution in [0.25, 0.3) is 0 Å². The van der Waals surface area contributed by atoms with Crippen LogP contribution in [-0.4, -0.2) is 40.7 Å². The third-order valence-electron chi connectivity index (χ3n) is 3.43. The van der Waals surface area contributed by atoms with Gasteiger partial charge in [0.1, 0.15) is 0 Å². The highest BCUT2D eigenvalue weighted by atomic mass is 19.2. The first-order chi connectivity index (χ1) is 9.45. The van der Waals surface area contributed by atoms with Gasteiger partial charge in [-0.05, 0) is 24.8 Å². The summed E-state index contributed by atoms with van der Waals surface area (Å²) in [6.45, 7) is 0.457. The smallest absolute Gasteiger partial charge is 0.257 e. The Morgan fingerprint density at radius 3 is 2.70 bits per heavy atom. The van der Waals surface area contributed by atoms with Crippen LogP contribution >= 0.6 is 0 Å². The summed E-state index contributed by atoms with van der Waals surface area (Å²) in [5, 5.41) is 18.2. The van der Waals surface area contributed by atoms with E-state index < -0.39 is 34.7 Å². The lowest BCUT2D eigenvalue weighted by molar-refractivity contribution is 0.0614. The molecule has 0 spiro atoms. The van der Waals surface area contributed by atoms with Crippen LogP contribution in [0.1, 0.15) is 23.2 Å². The highest BCUT2D eigenvalue weighted by molar-refractivity contribution is 5.95. The number of aliphatic hydroxyl groups is 1. The summed E-state index contributed by atoms with van der Waals surface area (Å²) >= 11 is 0. The van der Waals surface area contributed by atoms with Gasteiger partial charge in [-0.25, -0.2) is 8.78 Å². The van der Waals surface area contributed by atoms with Gasteiger partial charge < -0.3 is 15.1 Å². The molecule has 0 bridgehead atoms. The number of halogens is 3. The quantitative estimate of drug-likeness (QED) is 0.814. The Kier molecular flexibility index (Phi) is 4.17. The van der Waals surface area contributed by atoms with Gasteiger partial charge in [0.25, 0.3) is 5.91 Å². The Balaban J connectivity index is 2.29. The molecular formula is C13H14F3NO3. The molecule has 4 nitrogen and oxygen atoms in total. The molecule has 0 radical (unpaired) electrons. The van der Waals surface area contributed by atoms with Crippen molar-refractivity contribution in [2.45, 2.75) is 12.8 Å². The fourth-order valence-corrected chi connectivity index (χ4v) is 2.31. The Morgan fingerprint density at radius 2 is 2.05 bits per heavy atom. The van der Waals surface area contributed by atoms with Crippen LogP contribution in [0.5, 0.6) is 5.75 Å². The van der Waals surface area contributed by atoms with E-state index in [2.05, 4.69) is 0 Å². The van der Waals surface area contributed by atoms with Gasteiger partial charge in [0.15, 0.2) is 17.4 Å². The number of rotatable bonds is 2. The predicted molar refractivity (Wildman–Crippen MR) is 63.7 cm³/mol. The topological polar surface area (TPSA) is 60.8 Å². The van der Waals surface area contributed by atoms with Gasteiger partial charge in [0, 0.05) is 19.7 Å². The maximum atomic E-state index is 13.7. The lowest BCUT2D eigenvalue weighted by atomic mass is 9.98. The summed E-state index contributed by atoms with van der Waals surface area (Å²) in [5.74, 6) is -7.11. The van der Waals surface area contributed by atoms with E-state index in [9.17, 15) is 18.0 Å². The molecule has 1 aromatic carbocycles. The maximum Gasteiger partial charge on any atom is 0.257 e. The van der Waals surface area contributed by atoms with Crippen molar-refractivity contribution in [3.8, 4) is 5.75 Å². The van der Waals surface area contributed by atoms with E-state index in [-0.39, 0.29) is 19.1 Å². The zero-order chi connectivity index (χ0) is 14.9. The van der Waals surface area contributed by atoms with Crippen LogP contribution in [0.15, 0.2) is 6.07 Å². The monoisotopic (exact) mass is 289 g/mol. The van der Waals surface area contributed by atoms with E-state index in [1.54, 1.807) is 0 Å². The van der Waals surface area contributed by atoms with E-state index in [0.29, 0.717) is 19.0 Å². The molecule has 20 heavy (non-hydrogen) atoms. The van der Waals surface area contributed by atoms with Crippen molar-refractivity contribution in [3.05, 3.63) is 29.1 Å². The number of nitrogens with zero attached hydrogens (tertiary/aromatic N) is 1. The molecule has 0 aromatic heterocycles.